The van der Waals surface area contributed by atoms with Crippen molar-refractivity contribution in [1.82, 2.24) is 4.98 Å². The first-order valence-corrected chi connectivity index (χ1v) is 10.3. The summed E-state index contributed by atoms with van der Waals surface area (Å²) < 4.78 is 55.4. The first kappa shape index (κ1) is 22.5. The van der Waals surface area contributed by atoms with E-state index >= 15 is 0 Å². The van der Waals surface area contributed by atoms with Gasteiger partial charge in [0, 0.05) is 48.6 Å². The second-order valence-electron chi connectivity index (χ2n) is 7.91. The molecular weight excluding hydrogens is 440 g/mol. The van der Waals surface area contributed by atoms with Crippen LogP contribution < -0.4 is 16.0 Å². The SMILES string of the molecule is NC(=O)c1cccc(NC(=O)c2cc3cc(F)c(F)cc3nc2N2CCCC(F)(F)CC2)c1. The molecule has 33 heavy (non-hydrogen) atoms. The summed E-state index contributed by atoms with van der Waals surface area (Å²) in [7, 11) is 0. The van der Waals surface area contributed by atoms with E-state index in [9.17, 15) is 27.2 Å². The summed E-state index contributed by atoms with van der Waals surface area (Å²) >= 11 is 0. The lowest BCUT2D eigenvalue weighted by atomic mass is 10.1. The van der Waals surface area contributed by atoms with Gasteiger partial charge >= 0.3 is 0 Å². The summed E-state index contributed by atoms with van der Waals surface area (Å²) in [5, 5.41) is 2.80. The monoisotopic (exact) mass is 460 g/mol. The summed E-state index contributed by atoms with van der Waals surface area (Å²) in [6.45, 7) is 0.155. The van der Waals surface area contributed by atoms with Crippen molar-refractivity contribution in [2.75, 3.05) is 23.3 Å². The quantitative estimate of drug-likeness (QED) is 0.562. The van der Waals surface area contributed by atoms with Crippen molar-refractivity contribution in [2.45, 2.75) is 25.2 Å². The maximum Gasteiger partial charge on any atom is 0.259 e. The molecule has 2 amide bonds. The van der Waals surface area contributed by atoms with Crippen molar-refractivity contribution in [2.24, 2.45) is 5.73 Å². The number of anilines is 2. The van der Waals surface area contributed by atoms with Crippen molar-refractivity contribution in [3.63, 3.8) is 0 Å². The fourth-order valence-corrected chi connectivity index (χ4v) is 3.79. The molecule has 1 fully saturated rings. The highest BCUT2D eigenvalue weighted by atomic mass is 19.3. The predicted octanol–water partition coefficient (Wildman–Crippen LogP) is 4.49. The number of amides is 2. The number of nitrogens with zero attached hydrogens (tertiary/aromatic N) is 2. The van der Waals surface area contributed by atoms with Crippen LogP contribution in [0.1, 0.15) is 40.0 Å². The van der Waals surface area contributed by atoms with Gasteiger partial charge in [-0.1, -0.05) is 6.07 Å². The van der Waals surface area contributed by atoms with Gasteiger partial charge < -0.3 is 16.0 Å². The van der Waals surface area contributed by atoms with E-state index in [1.54, 1.807) is 11.0 Å². The standard InChI is InChI=1S/C23H20F4N4O2/c24-17-11-14-10-16(22(33)29-15-4-1-3-13(9-15)20(28)32)21(30-19(14)12-18(17)25)31-7-2-5-23(26,27)6-8-31/h1,3-4,9-12H,2,5-8H2,(H2,28,32)(H,29,33). The molecule has 0 unspecified atom stereocenters. The predicted molar refractivity (Wildman–Crippen MR) is 116 cm³/mol. The van der Waals surface area contributed by atoms with Gasteiger partial charge in [-0.3, -0.25) is 9.59 Å². The van der Waals surface area contributed by atoms with E-state index in [1.165, 1.54) is 24.3 Å². The first-order valence-electron chi connectivity index (χ1n) is 10.3. The summed E-state index contributed by atoms with van der Waals surface area (Å²) in [4.78, 5) is 30.5. The maximum atomic E-state index is 13.9. The third kappa shape index (κ3) is 4.89. The van der Waals surface area contributed by atoms with E-state index in [-0.39, 0.29) is 59.5 Å². The molecule has 0 spiro atoms. The average Bonchev–Trinajstić information content (AvgIpc) is 2.94. The van der Waals surface area contributed by atoms with Crippen LogP contribution in [-0.2, 0) is 0 Å². The number of nitrogens with one attached hydrogen (secondary N) is 1. The van der Waals surface area contributed by atoms with Gasteiger partial charge in [-0.2, -0.15) is 0 Å². The fourth-order valence-electron chi connectivity index (χ4n) is 3.79. The highest BCUT2D eigenvalue weighted by Gasteiger charge is 2.33. The molecule has 1 aromatic heterocycles. The number of rotatable bonds is 4. The van der Waals surface area contributed by atoms with E-state index < -0.39 is 35.8 Å². The number of hydrogen-bond acceptors (Lipinski definition) is 4. The molecule has 0 saturated carbocycles. The highest BCUT2D eigenvalue weighted by molar-refractivity contribution is 6.10. The van der Waals surface area contributed by atoms with Gasteiger partial charge in [0.15, 0.2) is 11.6 Å². The highest BCUT2D eigenvalue weighted by Crippen LogP contribution is 2.32. The number of alkyl halides is 2. The van der Waals surface area contributed by atoms with E-state index in [0.717, 1.165) is 12.1 Å². The Kier molecular flexibility index (Phi) is 5.92. The molecule has 6 nitrogen and oxygen atoms in total. The number of fused-ring (bicyclic) bond motifs is 1. The molecule has 3 N–H and O–H groups in total. The number of benzene rings is 2. The van der Waals surface area contributed by atoms with Crippen LogP contribution >= 0.6 is 0 Å². The number of carbonyl (C=O) groups is 2. The number of nitrogens with two attached hydrogens (primary N) is 1. The molecular formula is C23H20F4N4O2. The molecule has 2 heterocycles. The zero-order valence-corrected chi connectivity index (χ0v) is 17.4. The van der Waals surface area contributed by atoms with E-state index in [4.69, 9.17) is 5.73 Å². The van der Waals surface area contributed by atoms with Crippen LogP contribution in [0.3, 0.4) is 0 Å². The molecule has 0 radical (unpaired) electrons. The Hall–Kier alpha value is -3.69. The molecule has 1 aliphatic rings. The molecule has 2 aromatic carbocycles. The van der Waals surface area contributed by atoms with Gasteiger partial charge in [-0.25, -0.2) is 22.5 Å². The largest absolute Gasteiger partial charge is 0.366 e. The van der Waals surface area contributed by atoms with Crippen LogP contribution in [0.25, 0.3) is 10.9 Å². The smallest absolute Gasteiger partial charge is 0.259 e. The van der Waals surface area contributed by atoms with Gasteiger partial charge in [0.1, 0.15) is 5.82 Å². The number of carbonyl (C=O) groups excluding carboxylic acids is 2. The van der Waals surface area contributed by atoms with Crippen LogP contribution in [0.4, 0.5) is 29.1 Å². The minimum atomic E-state index is -2.83. The van der Waals surface area contributed by atoms with Gasteiger partial charge in [0.05, 0.1) is 11.1 Å². The van der Waals surface area contributed by atoms with Crippen molar-refractivity contribution >= 4 is 34.2 Å². The molecule has 3 aromatic rings. The van der Waals surface area contributed by atoms with Crippen LogP contribution in [0.5, 0.6) is 0 Å². The summed E-state index contributed by atoms with van der Waals surface area (Å²) in [6, 6.07) is 9.10. The lowest BCUT2D eigenvalue weighted by Gasteiger charge is -2.24. The number of pyridine rings is 1. The molecule has 10 heteroatoms. The van der Waals surface area contributed by atoms with Crippen molar-refractivity contribution in [1.29, 1.82) is 0 Å². The van der Waals surface area contributed by atoms with Gasteiger partial charge in [-0.15, -0.1) is 0 Å². The molecule has 0 bridgehead atoms. The zero-order valence-electron chi connectivity index (χ0n) is 17.4. The molecule has 1 aliphatic heterocycles. The maximum absolute atomic E-state index is 13.9. The van der Waals surface area contributed by atoms with Gasteiger partial charge in [-0.05, 0) is 36.8 Å². The first-order chi connectivity index (χ1) is 15.6. The number of aromatic nitrogens is 1. The average molecular weight is 460 g/mol. The van der Waals surface area contributed by atoms with Crippen LogP contribution in [0.15, 0.2) is 42.5 Å². The second-order valence-corrected chi connectivity index (χ2v) is 7.91. The Balaban J connectivity index is 1.76. The van der Waals surface area contributed by atoms with Crippen LogP contribution in [0, 0.1) is 11.6 Å². The summed E-state index contributed by atoms with van der Waals surface area (Å²) in [6.07, 6.45) is -0.545. The van der Waals surface area contributed by atoms with E-state index in [0.29, 0.717) is 0 Å². The Morgan fingerprint density at radius 2 is 1.79 bits per heavy atom. The van der Waals surface area contributed by atoms with Crippen LogP contribution in [-0.4, -0.2) is 35.8 Å². The van der Waals surface area contributed by atoms with Crippen molar-refractivity contribution in [3.8, 4) is 0 Å². The van der Waals surface area contributed by atoms with E-state index in [1.807, 2.05) is 0 Å². The van der Waals surface area contributed by atoms with Crippen molar-refractivity contribution in [3.05, 3.63) is 65.2 Å². The topological polar surface area (TPSA) is 88.3 Å². The van der Waals surface area contributed by atoms with E-state index in [2.05, 4.69) is 10.3 Å². The van der Waals surface area contributed by atoms with Crippen LogP contribution in [0.2, 0.25) is 0 Å². The lowest BCUT2D eigenvalue weighted by Crippen LogP contribution is -2.29. The minimum Gasteiger partial charge on any atom is -0.366 e. The number of halogens is 4. The number of hydrogen-bond donors (Lipinski definition) is 2. The zero-order chi connectivity index (χ0) is 23.8. The Morgan fingerprint density at radius 3 is 2.55 bits per heavy atom. The fraction of sp³-hybridized carbons (Fsp3) is 0.261. The number of primary amides is 1. The third-order valence-corrected chi connectivity index (χ3v) is 5.50. The summed E-state index contributed by atoms with van der Waals surface area (Å²) in [5.41, 5.74) is 5.82. The molecule has 172 valence electrons. The Labute approximate surface area is 186 Å². The Morgan fingerprint density at radius 1 is 1.03 bits per heavy atom. The third-order valence-electron chi connectivity index (χ3n) is 5.50. The lowest BCUT2D eigenvalue weighted by molar-refractivity contribution is -0.0102. The normalized spacial score (nSPS) is 15.8. The van der Waals surface area contributed by atoms with Gasteiger partial charge in [0.25, 0.3) is 5.91 Å². The second kappa shape index (κ2) is 8.68. The van der Waals surface area contributed by atoms with Gasteiger partial charge in [0.2, 0.25) is 11.8 Å². The Bertz CT molecular complexity index is 1250. The molecule has 0 atom stereocenters. The molecule has 1 saturated heterocycles. The summed E-state index contributed by atoms with van der Waals surface area (Å²) in [5.74, 6) is -6.28. The minimum absolute atomic E-state index is 0.00297. The molecule has 0 aliphatic carbocycles. The molecule has 4 rings (SSSR count). The van der Waals surface area contributed by atoms with Crippen molar-refractivity contribution < 1.29 is 27.2 Å².